The minimum absolute atomic E-state index is 0.285. The fraction of sp³-hybridized carbons (Fsp3) is 0.0769. The highest BCUT2D eigenvalue weighted by Crippen LogP contribution is 2.35. The molecular weight excluding hydrogens is 328 g/mol. The van der Waals surface area contributed by atoms with Gasteiger partial charge in [-0.2, -0.15) is 4.39 Å². The van der Waals surface area contributed by atoms with Gasteiger partial charge >= 0.3 is 5.97 Å². The Balaban J connectivity index is 2.59. The Morgan fingerprint density at radius 3 is 2.45 bits per heavy atom. The lowest BCUT2D eigenvalue weighted by Crippen LogP contribution is -2.06. The Kier molecular flexibility index (Phi) is 4.48. The molecule has 7 heteroatoms. The monoisotopic (exact) mass is 333 g/mol. The van der Waals surface area contributed by atoms with Crippen LogP contribution in [0.2, 0.25) is 15.1 Å². The maximum atomic E-state index is 13.5. The molecule has 0 aliphatic heterocycles. The zero-order chi connectivity index (χ0) is 14.9. The van der Waals surface area contributed by atoms with Crippen molar-refractivity contribution in [3.63, 3.8) is 0 Å². The summed E-state index contributed by atoms with van der Waals surface area (Å²) >= 11 is 17.8. The van der Waals surface area contributed by atoms with Crippen LogP contribution in [0.3, 0.4) is 0 Å². The fourth-order valence-corrected chi connectivity index (χ4v) is 2.25. The van der Waals surface area contributed by atoms with Crippen molar-refractivity contribution >= 4 is 40.8 Å². The van der Waals surface area contributed by atoms with Crippen molar-refractivity contribution in [3.8, 4) is 11.1 Å². The number of hydrogen-bond donors (Lipinski definition) is 0. The summed E-state index contributed by atoms with van der Waals surface area (Å²) in [5, 5.41) is 0.891. The van der Waals surface area contributed by atoms with Crippen LogP contribution in [-0.4, -0.2) is 18.1 Å². The molecule has 1 heterocycles. The summed E-state index contributed by atoms with van der Waals surface area (Å²) in [5.41, 5.74) is 0.626. The quantitative estimate of drug-likeness (QED) is 0.456. The molecule has 20 heavy (non-hydrogen) atoms. The van der Waals surface area contributed by atoms with E-state index in [0.717, 1.165) is 7.11 Å². The SMILES string of the molecule is COC(=O)c1cc(-c2cc(Cl)c(Cl)cc2Cl)cnc1F. The minimum atomic E-state index is -0.920. The summed E-state index contributed by atoms with van der Waals surface area (Å²) in [6.07, 6.45) is 1.24. The third kappa shape index (κ3) is 2.87. The molecule has 0 atom stereocenters. The van der Waals surface area contributed by atoms with Gasteiger partial charge < -0.3 is 4.74 Å². The van der Waals surface area contributed by atoms with Gasteiger partial charge in [-0.15, -0.1) is 0 Å². The van der Waals surface area contributed by atoms with E-state index in [4.69, 9.17) is 34.8 Å². The van der Waals surface area contributed by atoms with E-state index in [9.17, 15) is 9.18 Å². The first-order chi connectivity index (χ1) is 9.43. The summed E-state index contributed by atoms with van der Waals surface area (Å²) in [4.78, 5) is 15.0. The van der Waals surface area contributed by atoms with Crippen LogP contribution < -0.4 is 0 Å². The topological polar surface area (TPSA) is 39.2 Å². The van der Waals surface area contributed by atoms with Crippen LogP contribution in [0, 0.1) is 5.95 Å². The maximum absolute atomic E-state index is 13.5. The number of halogens is 4. The summed E-state index contributed by atoms with van der Waals surface area (Å²) in [7, 11) is 1.15. The van der Waals surface area contributed by atoms with Crippen molar-refractivity contribution in [1.29, 1.82) is 0 Å². The molecule has 0 aliphatic carbocycles. The van der Waals surface area contributed by atoms with Gasteiger partial charge in [0, 0.05) is 17.3 Å². The van der Waals surface area contributed by atoms with Gasteiger partial charge in [0.05, 0.1) is 22.2 Å². The van der Waals surface area contributed by atoms with Crippen LogP contribution in [0.5, 0.6) is 0 Å². The van der Waals surface area contributed by atoms with Crippen molar-refractivity contribution in [3.05, 3.63) is 51.0 Å². The van der Waals surface area contributed by atoms with Crippen molar-refractivity contribution in [2.75, 3.05) is 7.11 Å². The van der Waals surface area contributed by atoms with E-state index in [2.05, 4.69) is 9.72 Å². The van der Waals surface area contributed by atoms with Crippen LogP contribution in [0.4, 0.5) is 4.39 Å². The van der Waals surface area contributed by atoms with Crippen LogP contribution in [0.25, 0.3) is 11.1 Å². The summed E-state index contributed by atoms with van der Waals surface area (Å²) in [6, 6.07) is 4.27. The number of benzene rings is 1. The number of pyridine rings is 1. The van der Waals surface area contributed by atoms with Gasteiger partial charge in [-0.1, -0.05) is 34.8 Å². The van der Waals surface area contributed by atoms with Gasteiger partial charge in [-0.3, -0.25) is 0 Å². The number of aromatic nitrogens is 1. The van der Waals surface area contributed by atoms with Crippen molar-refractivity contribution in [1.82, 2.24) is 4.98 Å². The molecule has 0 saturated heterocycles. The zero-order valence-corrected chi connectivity index (χ0v) is 12.4. The Morgan fingerprint density at radius 1 is 1.15 bits per heavy atom. The molecule has 0 saturated carbocycles. The molecule has 1 aromatic carbocycles. The highest BCUT2D eigenvalue weighted by molar-refractivity contribution is 6.44. The molecule has 2 rings (SSSR count). The standard InChI is InChI=1S/C13H7Cl3FNO2/c1-20-13(19)8-2-6(5-18-12(8)17)7-3-10(15)11(16)4-9(7)14/h2-5H,1H3. The molecule has 1 aromatic heterocycles. The van der Waals surface area contributed by atoms with Gasteiger partial charge in [0.15, 0.2) is 0 Å². The van der Waals surface area contributed by atoms with Crippen LogP contribution in [0.15, 0.2) is 24.4 Å². The smallest absolute Gasteiger partial charge is 0.342 e. The second-order valence-electron chi connectivity index (χ2n) is 3.80. The summed E-state index contributed by atoms with van der Waals surface area (Å²) in [5.74, 6) is -1.75. The van der Waals surface area contributed by atoms with Crippen LogP contribution in [-0.2, 0) is 4.74 Å². The fourth-order valence-electron chi connectivity index (χ4n) is 1.59. The second kappa shape index (κ2) is 5.95. The number of carbonyl (C=O) groups excluding carboxylic acids is 1. The number of nitrogens with zero attached hydrogens (tertiary/aromatic N) is 1. The van der Waals surface area contributed by atoms with Gasteiger partial charge in [-0.25, -0.2) is 9.78 Å². The first-order valence-electron chi connectivity index (χ1n) is 5.32. The minimum Gasteiger partial charge on any atom is -0.465 e. The molecule has 0 bridgehead atoms. The van der Waals surface area contributed by atoms with Gasteiger partial charge in [-0.05, 0) is 18.2 Å². The predicted octanol–water partition coefficient (Wildman–Crippen LogP) is 4.63. The van der Waals surface area contributed by atoms with Gasteiger partial charge in [0.2, 0.25) is 5.95 Å². The zero-order valence-electron chi connectivity index (χ0n) is 10.1. The van der Waals surface area contributed by atoms with Crippen molar-refractivity contribution < 1.29 is 13.9 Å². The predicted molar refractivity (Wildman–Crippen MR) is 76.0 cm³/mol. The van der Waals surface area contributed by atoms with E-state index >= 15 is 0 Å². The molecule has 2 aromatic rings. The average Bonchev–Trinajstić information content (AvgIpc) is 2.43. The van der Waals surface area contributed by atoms with E-state index < -0.39 is 11.9 Å². The van der Waals surface area contributed by atoms with E-state index in [1.54, 1.807) is 0 Å². The normalized spacial score (nSPS) is 10.4. The first kappa shape index (κ1) is 15.0. The molecule has 0 N–H and O–H groups in total. The molecule has 0 unspecified atom stereocenters. The second-order valence-corrected chi connectivity index (χ2v) is 5.02. The van der Waals surface area contributed by atoms with E-state index in [1.807, 2.05) is 0 Å². The number of esters is 1. The number of ether oxygens (including phenoxy) is 1. The lowest BCUT2D eigenvalue weighted by atomic mass is 10.1. The molecule has 0 radical (unpaired) electrons. The Bertz CT molecular complexity index is 692. The Morgan fingerprint density at radius 2 is 1.80 bits per heavy atom. The Hall–Kier alpha value is -1.36. The van der Waals surface area contributed by atoms with E-state index in [0.29, 0.717) is 21.2 Å². The molecule has 0 fully saturated rings. The van der Waals surface area contributed by atoms with E-state index in [1.165, 1.54) is 24.4 Å². The number of rotatable bonds is 2. The number of carbonyl (C=O) groups is 1. The average molecular weight is 335 g/mol. The molecule has 0 spiro atoms. The summed E-state index contributed by atoms with van der Waals surface area (Å²) < 4.78 is 18.0. The summed E-state index contributed by atoms with van der Waals surface area (Å²) in [6.45, 7) is 0. The van der Waals surface area contributed by atoms with Gasteiger partial charge in [0.1, 0.15) is 5.56 Å². The highest BCUT2D eigenvalue weighted by Gasteiger charge is 2.16. The maximum Gasteiger partial charge on any atom is 0.342 e. The molecular formula is C13H7Cl3FNO2. The largest absolute Gasteiger partial charge is 0.465 e. The third-order valence-electron chi connectivity index (χ3n) is 2.57. The lowest BCUT2D eigenvalue weighted by molar-refractivity contribution is 0.0594. The highest BCUT2D eigenvalue weighted by atomic mass is 35.5. The number of hydrogen-bond acceptors (Lipinski definition) is 3. The molecule has 104 valence electrons. The third-order valence-corrected chi connectivity index (χ3v) is 3.60. The molecule has 3 nitrogen and oxygen atoms in total. The molecule has 0 aliphatic rings. The number of methoxy groups -OCH3 is 1. The van der Waals surface area contributed by atoms with Crippen LogP contribution in [0.1, 0.15) is 10.4 Å². The van der Waals surface area contributed by atoms with Crippen molar-refractivity contribution in [2.24, 2.45) is 0 Å². The molecule has 0 amide bonds. The van der Waals surface area contributed by atoms with Gasteiger partial charge in [0.25, 0.3) is 0 Å². The van der Waals surface area contributed by atoms with Crippen LogP contribution >= 0.6 is 34.8 Å². The Labute approximate surface area is 129 Å². The first-order valence-corrected chi connectivity index (χ1v) is 6.46. The lowest BCUT2D eigenvalue weighted by Gasteiger charge is -2.08. The van der Waals surface area contributed by atoms with E-state index in [-0.39, 0.29) is 10.6 Å². The van der Waals surface area contributed by atoms with Crippen molar-refractivity contribution in [2.45, 2.75) is 0 Å².